The fourth-order valence-corrected chi connectivity index (χ4v) is 3.07. The number of esters is 1. The van der Waals surface area contributed by atoms with Gasteiger partial charge in [0.2, 0.25) is 0 Å². The molecule has 0 N–H and O–H groups in total. The maximum atomic E-state index is 11.6. The average Bonchev–Trinajstić information content (AvgIpc) is 3.11. The summed E-state index contributed by atoms with van der Waals surface area (Å²) in [5.74, 6) is 0.597. The zero-order valence-electron chi connectivity index (χ0n) is 12.6. The number of nitrogens with zero attached hydrogens (tertiary/aromatic N) is 4. The topological polar surface area (TPSA) is 59.7 Å². The van der Waals surface area contributed by atoms with Crippen molar-refractivity contribution in [1.29, 1.82) is 0 Å². The Kier molecular flexibility index (Phi) is 3.63. The van der Waals surface area contributed by atoms with E-state index in [-0.39, 0.29) is 5.97 Å². The van der Waals surface area contributed by atoms with Crippen LogP contribution in [0, 0.1) is 0 Å². The van der Waals surface area contributed by atoms with Crippen LogP contribution in [0.4, 0.5) is 0 Å². The summed E-state index contributed by atoms with van der Waals surface area (Å²) in [6.07, 6.45) is 4.13. The molecule has 1 fully saturated rings. The van der Waals surface area contributed by atoms with Crippen molar-refractivity contribution in [2.75, 3.05) is 13.7 Å². The molecule has 3 heterocycles. The molecule has 1 atom stereocenters. The van der Waals surface area contributed by atoms with E-state index in [1.807, 2.05) is 10.6 Å². The molecule has 0 aromatic carbocycles. The zero-order valence-corrected chi connectivity index (χ0v) is 12.6. The van der Waals surface area contributed by atoms with Crippen molar-refractivity contribution in [3.8, 4) is 0 Å². The monoisotopic (exact) mass is 288 g/mol. The molecular formula is C15H20N4O2. The number of carbonyl (C=O) groups excluding carboxylic acids is 1. The summed E-state index contributed by atoms with van der Waals surface area (Å²) in [7, 11) is 1.38. The maximum absolute atomic E-state index is 11.6. The molecular weight excluding hydrogens is 268 g/mol. The molecule has 0 spiro atoms. The molecule has 0 aliphatic carbocycles. The van der Waals surface area contributed by atoms with Crippen molar-refractivity contribution in [3.63, 3.8) is 0 Å². The zero-order chi connectivity index (χ0) is 15.0. The smallest absolute Gasteiger partial charge is 0.338 e. The molecule has 1 saturated heterocycles. The predicted octanol–water partition coefficient (Wildman–Crippen LogP) is 2.06. The van der Waals surface area contributed by atoms with Gasteiger partial charge >= 0.3 is 5.97 Å². The highest BCUT2D eigenvalue weighted by atomic mass is 16.5. The quantitative estimate of drug-likeness (QED) is 0.809. The Hall–Kier alpha value is -1.95. The summed E-state index contributed by atoms with van der Waals surface area (Å²) in [6.45, 7) is 5.51. The summed E-state index contributed by atoms with van der Waals surface area (Å²) in [5, 5.41) is 8.57. The van der Waals surface area contributed by atoms with E-state index in [2.05, 4.69) is 28.9 Å². The largest absolute Gasteiger partial charge is 0.465 e. The molecule has 0 saturated carbocycles. The van der Waals surface area contributed by atoms with Crippen LogP contribution in [0.3, 0.4) is 0 Å². The number of ether oxygens (including phenoxy) is 1. The van der Waals surface area contributed by atoms with Gasteiger partial charge in [0, 0.05) is 12.2 Å². The summed E-state index contributed by atoms with van der Waals surface area (Å²) in [5.41, 5.74) is 1.18. The van der Waals surface area contributed by atoms with Gasteiger partial charge in [0.25, 0.3) is 0 Å². The highest BCUT2D eigenvalue weighted by molar-refractivity contribution is 5.90. The Morgan fingerprint density at radius 1 is 1.43 bits per heavy atom. The van der Waals surface area contributed by atoms with Gasteiger partial charge in [-0.2, -0.15) is 0 Å². The molecule has 6 heteroatoms. The van der Waals surface area contributed by atoms with Gasteiger partial charge in [-0.3, -0.25) is 9.30 Å². The highest BCUT2D eigenvalue weighted by Crippen LogP contribution is 2.32. The third-order valence-electron chi connectivity index (χ3n) is 4.11. The van der Waals surface area contributed by atoms with Crippen LogP contribution in [0.15, 0.2) is 18.3 Å². The minimum Gasteiger partial charge on any atom is -0.465 e. The molecule has 2 aromatic rings. The van der Waals surface area contributed by atoms with Crippen LogP contribution in [-0.4, -0.2) is 45.2 Å². The van der Waals surface area contributed by atoms with Gasteiger partial charge in [-0.15, -0.1) is 10.2 Å². The SMILES string of the molecule is COC(=O)c1ccn2c(C3CCCN3C(C)C)nnc2c1. The lowest BCUT2D eigenvalue weighted by molar-refractivity contribution is 0.0600. The third kappa shape index (κ3) is 2.40. The number of hydrogen-bond acceptors (Lipinski definition) is 5. The van der Waals surface area contributed by atoms with Gasteiger partial charge < -0.3 is 4.74 Å². The van der Waals surface area contributed by atoms with Crippen molar-refractivity contribution >= 4 is 11.6 Å². The van der Waals surface area contributed by atoms with Gasteiger partial charge in [0.1, 0.15) is 0 Å². The van der Waals surface area contributed by atoms with Gasteiger partial charge in [-0.25, -0.2) is 4.79 Å². The van der Waals surface area contributed by atoms with Gasteiger partial charge in [0.15, 0.2) is 11.5 Å². The van der Waals surface area contributed by atoms with Crippen molar-refractivity contribution in [3.05, 3.63) is 29.7 Å². The van der Waals surface area contributed by atoms with Crippen molar-refractivity contribution in [2.24, 2.45) is 0 Å². The van der Waals surface area contributed by atoms with E-state index in [1.165, 1.54) is 13.5 Å². The molecule has 112 valence electrons. The second-order valence-corrected chi connectivity index (χ2v) is 5.68. The second-order valence-electron chi connectivity index (χ2n) is 5.68. The first-order chi connectivity index (χ1) is 10.1. The van der Waals surface area contributed by atoms with E-state index in [1.54, 1.807) is 12.1 Å². The van der Waals surface area contributed by atoms with Crippen molar-refractivity contribution < 1.29 is 9.53 Å². The average molecular weight is 288 g/mol. The van der Waals surface area contributed by atoms with E-state index in [0.29, 0.717) is 23.3 Å². The number of hydrogen-bond donors (Lipinski definition) is 0. The summed E-state index contributed by atoms with van der Waals surface area (Å²) in [6, 6.07) is 4.25. The lowest BCUT2D eigenvalue weighted by atomic mass is 10.2. The summed E-state index contributed by atoms with van der Waals surface area (Å²) < 4.78 is 6.71. The van der Waals surface area contributed by atoms with E-state index in [0.717, 1.165) is 18.8 Å². The fraction of sp³-hybridized carbons (Fsp3) is 0.533. The number of fused-ring (bicyclic) bond motifs is 1. The molecule has 1 unspecified atom stereocenters. The van der Waals surface area contributed by atoms with Crippen LogP contribution >= 0.6 is 0 Å². The maximum Gasteiger partial charge on any atom is 0.338 e. The highest BCUT2D eigenvalue weighted by Gasteiger charge is 2.31. The van der Waals surface area contributed by atoms with Crippen molar-refractivity contribution in [2.45, 2.75) is 38.8 Å². The van der Waals surface area contributed by atoms with Crippen LogP contribution < -0.4 is 0 Å². The van der Waals surface area contributed by atoms with Crippen LogP contribution in [0.2, 0.25) is 0 Å². The second kappa shape index (κ2) is 5.44. The number of methoxy groups -OCH3 is 1. The lowest BCUT2D eigenvalue weighted by Crippen LogP contribution is -2.31. The number of rotatable bonds is 3. The lowest BCUT2D eigenvalue weighted by Gasteiger charge is -2.26. The molecule has 3 rings (SSSR count). The first kappa shape index (κ1) is 14.0. The molecule has 1 aliphatic rings. The van der Waals surface area contributed by atoms with Crippen LogP contribution in [0.5, 0.6) is 0 Å². The van der Waals surface area contributed by atoms with Gasteiger partial charge in [-0.05, 0) is 45.4 Å². The van der Waals surface area contributed by atoms with Crippen LogP contribution in [-0.2, 0) is 4.74 Å². The third-order valence-corrected chi connectivity index (χ3v) is 4.11. The number of aromatic nitrogens is 3. The molecule has 6 nitrogen and oxygen atoms in total. The Morgan fingerprint density at radius 3 is 2.95 bits per heavy atom. The molecule has 0 radical (unpaired) electrons. The Labute approximate surface area is 123 Å². The van der Waals surface area contributed by atoms with Crippen molar-refractivity contribution in [1.82, 2.24) is 19.5 Å². The van der Waals surface area contributed by atoms with Gasteiger partial charge in [0.05, 0.1) is 18.7 Å². The number of carbonyl (C=O) groups is 1. The predicted molar refractivity (Wildman–Crippen MR) is 78.1 cm³/mol. The molecule has 1 aliphatic heterocycles. The van der Waals surface area contributed by atoms with Crippen LogP contribution in [0.25, 0.3) is 5.65 Å². The Morgan fingerprint density at radius 2 is 2.24 bits per heavy atom. The van der Waals surface area contributed by atoms with Gasteiger partial charge in [-0.1, -0.05) is 0 Å². The minimum absolute atomic E-state index is 0.295. The molecule has 0 bridgehead atoms. The first-order valence-electron chi connectivity index (χ1n) is 7.30. The number of likely N-dealkylation sites (tertiary alicyclic amines) is 1. The summed E-state index contributed by atoms with van der Waals surface area (Å²) >= 11 is 0. The number of pyridine rings is 1. The Bertz CT molecular complexity index is 665. The van der Waals surface area contributed by atoms with E-state index < -0.39 is 0 Å². The van der Waals surface area contributed by atoms with E-state index in [4.69, 9.17) is 4.74 Å². The molecule has 2 aromatic heterocycles. The Balaban J connectivity index is 1.99. The van der Waals surface area contributed by atoms with E-state index in [9.17, 15) is 4.79 Å². The molecule has 0 amide bonds. The fourth-order valence-electron chi connectivity index (χ4n) is 3.07. The minimum atomic E-state index is -0.355. The molecule has 21 heavy (non-hydrogen) atoms. The van der Waals surface area contributed by atoms with E-state index >= 15 is 0 Å². The van der Waals surface area contributed by atoms with Crippen LogP contribution in [0.1, 0.15) is 48.9 Å². The first-order valence-corrected chi connectivity index (χ1v) is 7.30. The summed E-state index contributed by atoms with van der Waals surface area (Å²) in [4.78, 5) is 14.0. The normalized spacial score (nSPS) is 19.5. The standard InChI is InChI=1S/C15H20N4O2/c1-10(2)18-7-4-5-12(18)14-17-16-13-9-11(15(20)21-3)6-8-19(13)14/h6,8-10,12H,4-5,7H2,1-3H3.